The number of aromatic nitrogens is 3. The number of phenols is 1. The van der Waals surface area contributed by atoms with Crippen molar-refractivity contribution in [2.75, 3.05) is 5.32 Å². The zero-order valence-corrected chi connectivity index (χ0v) is 18.8. The molecule has 180 valence electrons. The van der Waals surface area contributed by atoms with E-state index in [0.717, 1.165) is 11.6 Å². The van der Waals surface area contributed by atoms with Gasteiger partial charge in [0.05, 0.1) is 5.69 Å². The highest BCUT2D eigenvalue weighted by Crippen LogP contribution is 2.34. The van der Waals surface area contributed by atoms with Crippen LogP contribution in [0.3, 0.4) is 0 Å². The van der Waals surface area contributed by atoms with Crippen LogP contribution in [0.15, 0.2) is 78.0 Å². The second-order valence-corrected chi connectivity index (χ2v) is 8.90. The van der Waals surface area contributed by atoms with E-state index >= 15 is 0 Å². The molecule has 35 heavy (non-hydrogen) atoms. The van der Waals surface area contributed by atoms with Gasteiger partial charge < -0.3 is 14.6 Å². The first-order valence-corrected chi connectivity index (χ1v) is 11.4. The zero-order chi connectivity index (χ0) is 25.2. The highest BCUT2D eigenvalue weighted by Gasteiger charge is 2.32. The summed E-state index contributed by atoms with van der Waals surface area (Å²) < 4.78 is 69.1. The van der Waals surface area contributed by atoms with Crippen LogP contribution >= 0.6 is 0 Å². The largest absolute Gasteiger partial charge is 0.504 e. The molecule has 2 aromatic carbocycles. The van der Waals surface area contributed by atoms with Crippen molar-refractivity contribution >= 4 is 21.8 Å². The predicted molar refractivity (Wildman–Crippen MR) is 121 cm³/mol. The van der Waals surface area contributed by atoms with Gasteiger partial charge in [0.1, 0.15) is 28.6 Å². The van der Waals surface area contributed by atoms with Crippen LogP contribution in [0.2, 0.25) is 0 Å². The molecule has 0 aliphatic heterocycles. The minimum absolute atomic E-state index is 0.0802. The summed E-state index contributed by atoms with van der Waals surface area (Å²) in [5, 5.41) is 12.8. The molecule has 0 fully saturated rings. The molecule has 0 spiro atoms. The van der Waals surface area contributed by atoms with Crippen LogP contribution < -0.4 is 9.50 Å². The summed E-state index contributed by atoms with van der Waals surface area (Å²) in [7, 11) is -4.22. The van der Waals surface area contributed by atoms with Gasteiger partial charge in [-0.15, -0.1) is 0 Å². The number of phenolic OH excluding ortho intramolecular Hbond substituents is 1. The third-order valence-corrected chi connectivity index (χ3v) is 5.98. The van der Waals surface area contributed by atoms with Crippen LogP contribution in [0.1, 0.15) is 11.3 Å². The number of hydrogen-bond acceptors (Lipinski definition) is 8. The summed E-state index contributed by atoms with van der Waals surface area (Å²) in [6.45, 7) is 1.81. The molecule has 8 nitrogen and oxygen atoms in total. The Morgan fingerprint density at radius 2 is 1.69 bits per heavy atom. The maximum Gasteiger partial charge on any atom is 0.433 e. The molecule has 2 aromatic heterocycles. The molecule has 2 heterocycles. The average molecular weight is 502 g/mol. The predicted octanol–water partition coefficient (Wildman–Crippen LogP) is 5.08. The normalized spacial score (nSPS) is 11.8. The Kier molecular flexibility index (Phi) is 6.31. The lowest BCUT2D eigenvalue weighted by Crippen LogP contribution is -2.10. The van der Waals surface area contributed by atoms with E-state index in [1.165, 1.54) is 54.9 Å². The van der Waals surface area contributed by atoms with E-state index in [1.54, 1.807) is 19.1 Å². The molecule has 0 amide bonds. The van der Waals surface area contributed by atoms with Gasteiger partial charge in [0.2, 0.25) is 0 Å². The Morgan fingerprint density at radius 3 is 2.40 bits per heavy atom. The minimum atomic E-state index is -4.60. The van der Waals surface area contributed by atoms with Crippen molar-refractivity contribution in [2.24, 2.45) is 0 Å². The third-order valence-electron chi connectivity index (χ3n) is 4.73. The van der Waals surface area contributed by atoms with E-state index < -0.39 is 27.7 Å². The lowest BCUT2D eigenvalue weighted by Gasteiger charge is -2.11. The van der Waals surface area contributed by atoms with Crippen LogP contribution in [0, 0.1) is 6.92 Å². The van der Waals surface area contributed by atoms with Crippen LogP contribution in [0.25, 0.3) is 11.3 Å². The summed E-state index contributed by atoms with van der Waals surface area (Å²) in [6.07, 6.45) is -3.43. The Bertz CT molecular complexity index is 1480. The maximum absolute atomic E-state index is 12.9. The maximum atomic E-state index is 12.9. The van der Waals surface area contributed by atoms with Gasteiger partial charge in [-0.05, 0) is 49.4 Å². The van der Waals surface area contributed by atoms with Crippen LogP contribution in [0.4, 0.5) is 24.8 Å². The van der Waals surface area contributed by atoms with E-state index in [0.29, 0.717) is 5.56 Å². The summed E-state index contributed by atoms with van der Waals surface area (Å²) in [4.78, 5) is 11.5. The van der Waals surface area contributed by atoms with Gasteiger partial charge >= 0.3 is 16.3 Å². The highest BCUT2D eigenvalue weighted by atomic mass is 32.2. The summed E-state index contributed by atoms with van der Waals surface area (Å²) >= 11 is 0. The van der Waals surface area contributed by atoms with Crippen molar-refractivity contribution in [1.82, 2.24) is 15.0 Å². The molecule has 0 unspecified atom stereocenters. The molecule has 0 bridgehead atoms. The van der Waals surface area contributed by atoms with E-state index in [9.17, 15) is 26.7 Å². The lowest BCUT2D eigenvalue weighted by molar-refractivity contribution is -0.141. The number of hydrogen-bond donors (Lipinski definition) is 2. The van der Waals surface area contributed by atoms with Crippen molar-refractivity contribution in [3.8, 4) is 22.8 Å². The topological polar surface area (TPSA) is 114 Å². The Morgan fingerprint density at radius 1 is 0.943 bits per heavy atom. The molecule has 2 N–H and O–H groups in total. The summed E-state index contributed by atoms with van der Waals surface area (Å²) in [6, 6.07) is 14.8. The fraction of sp³-hybridized carbons (Fsp3) is 0.0870. The van der Waals surface area contributed by atoms with Crippen molar-refractivity contribution < 1.29 is 30.9 Å². The molecule has 4 aromatic rings. The first-order chi connectivity index (χ1) is 16.5. The molecular weight excluding hydrogens is 485 g/mol. The number of aromatic hydroxyl groups is 1. The van der Waals surface area contributed by atoms with Crippen LogP contribution in [-0.4, -0.2) is 28.5 Å². The van der Waals surface area contributed by atoms with E-state index in [1.807, 2.05) is 0 Å². The Labute approximate surface area is 198 Å². The van der Waals surface area contributed by atoms with Crippen molar-refractivity contribution in [1.29, 1.82) is 0 Å². The molecule has 0 saturated heterocycles. The van der Waals surface area contributed by atoms with Gasteiger partial charge in [-0.1, -0.05) is 23.8 Å². The third kappa shape index (κ3) is 5.66. The second-order valence-electron chi connectivity index (χ2n) is 7.35. The SMILES string of the molecule is Cc1ccc(S(=O)(=O)Oc2cc(-c3cc(Nc4cccc(C(F)(F)F)n4)ncn3)ccc2O)cc1. The molecular formula is C23H17F3N4O4S. The fourth-order valence-corrected chi connectivity index (χ4v) is 3.92. The number of anilines is 2. The average Bonchev–Trinajstić information content (AvgIpc) is 2.80. The number of alkyl halides is 3. The second kappa shape index (κ2) is 9.22. The number of pyridine rings is 1. The standard InChI is InChI=1S/C23H17F3N4O4S/c1-14-5-8-16(9-6-14)35(32,33)34-19-11-15(7-10-18(19)31)17-12-22(28-13-27-17)30-21-4-2-3-20(29-21)23(24,25)26/h2-13,31H,1H3,(H,27,28,29,30). The number of aryl methyl sites for hydroxylation is 1. The molecule has 12 heteroatoms. The highest BCUT2D eigenvalue weighted by molar-refractivity contribution is 7.87. The minimum Gasteiger partial charge on any atom is -0.504 e. The molecule has 0 atom stereocenters. The van der Waals surface area contributed by atoms with Gasteiger partial charge in [-0.2, -0.15) is 21.6 Å². The summed E-state index contributed by atoms with van der Waals surface area (Å²) in [5.41, 5.74) is 0.445. The molecule has 0 aliphatic rings. The van der Waals surface area contributed by atoms with Gasteiger partial charge in [-0.25, -0.2) is 15.0 Å². The number of nitrogens with one attached hydrogen (secondary N) is 1. The van der Waals surface area contributed by atoms with E-state index in [-0.39, 0.29) is 28.0 Å². The lowest BCUT2D eigenvalue weighted by atomic mass is 10.1. The fourth-order valence-electron chi connectivity index (χ4n) is 2.99. The van der Waals surface area contributed by atoms with Gasteiger partial charge in [-0.3, -0.25) is 0 Å². The molecule has 0 saturated carbocycles. The van der Waals surface area contributed by atoms with Crippen LogP contribution in [0.5, 0.6) is 11.5 Å². The van der Waals surface area contributed by atoms with Crippen molar-refractivity contribution in [3.05, 3.63) is 84.3 Å². The van der Waals surface area contributed by atoms with Crippen molar-refractivity contribution in [2.45, 2.75) is 18.0 Å². The van der Waals surface area contributed by atoms with Crippen LogP contribution in [-0.2, 0) is 16.3 Å². The van der Waals surface area contributed by atoms with E-state index in [4.69, 9.17) is 4.18 Å². The van der Waals surface area contributed by atoms with Gasteiger partial charge in [0.15, 0.2) is 11.5 Å². The Balaban J connectivity index is 1.60. The monoisotopic (exact) mass is 502 g/mol. The number of rotatable bonds is 6. The molecule has 0 radical (unpaired) electrons. The molecule has 0 aliphatic carbocycles. The quantitative estimate of drug-likeness (QED) is 0.351. The smallest absolute Gasteiger partial charge is 0.433 e. The number of halogens is 3. The zero-order valence-electron chi connectivity index (χ0n) is 18.0. The number of benzene rings is 2. The number of nitrogens with zero attached hydrogens (tertiary/aromatic N) is 3. The van der Waals surface area contributed by atoms with Gasteiger partial charge in [0, 0.05) is 11.6 Å². The Hall–Kier alpha value is -4.19. The van der Waals surface area contributed by atoms with Gasteiger partial charge in [0.25, 0.3) is 0 Å². The first kappa shape index (κ1) is 24.0. The molecule has 4 rings (SSSR count). The van der Waals surface area contributed by atoms with Crippen molar-refractivity contribution in [3.63, 3.8) is 0 Å². The first-order valence-electron chi connectivity index (χ1n) is 9.99. The summed E-state index contributed by atoms with van der Waals surface area (Å²) in [5.74, 6) is -0.672. The van der Waals surface area contributed by atoms with E-state index in [2.05, 4.69) is 20.3 Å².